The highest BCUT2D eigenvalue weighted by molar-refractivity contribution is 5.68. The number of likely N-dealkylation sites (tertiary alicyclic amines) is 1. The van der Waals surface area contributed by atoms with Crippen molar-refractivity contribution in [2.45, 2.75) is 51.7 Å². The Morgan fingerprint density at radius 2 is 1.88 bits per heavy atom. The van der Waals surface area contributed by atoms with E-state index in [2.05, 4.69) is 12.1 Å². The average Bonchev–Trinajstić information content (AvgIpc) is 2.55. The number of hydrogen-bond donors (Lipinski definition) is 1. The highest BCUT2D eigenvalue weighted by Crippen LogP contribution is 2.20. The number of nitrogens with zero attached hydrogens (tertiary/aromatic N) is 1. The zero-order valence-corrected chi connectivity index (χ0v) is 15.7. The number of carbonyl (C=O) groups is 1. The van der Waals surface area contributed by atoms with Crippen LogP contribution in [0, 0.1) is 5.92 Å². The van der Waals surface area contributed by atoms with Crippen LogP contribution in [0.3, 0.4) is 0 Å². The lowest BCUT2D eigenvalue weighted by Crippen LogP contribution is -2.42. The Kier molecular flexibility index (Phi) is 7.26. The van der Waals surface area contributed by atoms with Crippen LogP contribution < -0.4 is 5.73 Å². The molecule has 0 unspecified atom stereocenters. The van der Waals surface area contributed by atoms with Gasteiger partial charge in [-0.25, -0.2) is 4.79 Å². The number of hydrogen-bond acceptors (Lipinski definition) is 4. The molecule has 5 heteroatoms. The van der Waals surface area contributed by atoms with Crippen molar-refractivity contribution in [3.05, 3.63) is 35.9 Å². The number of nitrogens with two attached hydrogens (primary N) is 1. The molecule has 1 aliphatic rings. The first-order valence-electron chi connectivity index (χ1n) is 9.18. The second-order valence-electron chi connectivity index (χ2n) is 7.90. The van der Waals surface area contributed by atoms with Gasteiger partial charge in [0.15, 0.2) is 0 Å². The minimum atomic E-state index is -0.439. The lowest BCUT2D eigenvalue weighted by Gasteiger charge is -2.33. The summed E-state index contributed by atoms with van der Waals surface area (Å²) in [6.07, 6.45) is 2.52. The Morgan fingerprint density at radius 1 is 1.24 bits per heavy atom. The van der Waals surface area contributed by atoms with Gasteiger partial charge < -0.3 is 20.1 Å². The standard InChI is InChI=1S/C20H32N2O3/c1-20(2,3)25-19(23)22-11-9-17(10-12-22)14-24-15-18(21)13-16-7-5-4-6-8-16/h4-8,17-18H,9-15,21H2,1-3H3/t18-/m1/s1. The summed E-state index contributed by atoms with van der Waals surface area (Å²) in [6, 6.07) is 10.3. The normalized spacial score (nSPS) is 17.4. The van der Waals surface area contributed by atoms with E-state index in [-0.39, 0.29) is 12.1 Å². The predicted octanol–water partition coefficient (Wildman–Crippen LogP) is 3.22. The molecule has 1 saturated heterocycles. The number of amides is 1. The van der Waals surface area contributed by atoms with Crippen LogP contribution >= 0.6 is 0 Å². The van der Waals surface area contributed by atoms with Gasteiger partial charge in [0.2, 0.25) is 0 Å². The smallest absolute Gasteiger partial charge is 0.410 e. The summed E-state index contributed by atoms with van der Waals surface area (Å²) in [4.78, 5) is 13.8. The molecule has 0 spiro atoms. The van der Waals surface area contributed by atoms with Gasteiger partial charge in [0, 0.05) is 25.7 Å². The Hall–Kier alpha value is -1.59. The Bertz CT molecular complexity index is 519. The van der Waals surface area contributed by atoms with Crippen molar-refractivity contribution in [1.82, 2.24) is 4.90 Å². The van der Waals surface area contributed by atoms with Gasteiger partial charge in [-0.3, -0.25) is 0 Å². The van der Waals surface area contributed by atoms with Gasteiger partial charge in [-0.05, 0) is 51.5 Å². The fraction of sp³-hybridized carbons (Fsp3) is 0.650. The molecule has 0 radical (unpaired) electrons. The summed E-state index contributed by atoms with van der Waals surface area (Å²) in [5.74, 6) is 0.489. The van der Waals surface area contributed by atoms with Crippen LogP contribution in [-0.4, -0.2) is 48.9 Å². The van der Waals surface area contributed by atoms with Crippen molar-refractivity contribution in [3.63, 3.8) is 0 Å². The summed E-state index contributed by atoms with van der Waals surface area (Å²) < 4.78 is 11.2. The molecular weight excluding hydrogens is 316 g/mol. The van der Waals surface area contributed by atoms with Crippen LogP contribution in [0.25, 0.3) is 0 Å². The lowest BCUT2D eigenvalue weighted by molar-refractivity contribution is 0.0110. The summed E-state index contributed by atoms with van der Waals surface area (Å²) in [5, 5.41) is 0. The molecule has 1 aliphatic heterocycles. The van der Waals surface area contributed by atoms with E-state index >= 15 is 0 Å². The molecule has 1 atom stereocenters. The SMILES string of the molecule is CC(C)(C)OC(=O)N1CCC(COC[C@H](N)Cc2ccccc2)CC1. The van der Waals surface area contributed by atoms with Crippen LogP contribution in [0.15, 0.2) is 30.3 Å². The van der Waals surface area contributed by atoms with Crippen LogP contribution in [0.5, 0.6) is 0 Å². The third-order valence-corrected chi connectivity index (χ3v) is 4.29. The van der Waals surface area contributed by atoms with Crippen LogP contribution in [0.2, 0.25) is 0 Å². The van der Waals surface area contributed by atoms with E-state index in [4.69, 9.17) is 15.2 Å². The number of ether oxygens (including phenoxy) is 2. The van der Waals surface area contributed by atoms with Crippen LogP contribution in [0.4, 0.5) is 4.79 Å². The molecule has 1 heterocycles. The van der Waals surface area contributed by atoms with Crippen molar-refractivity contribution in [2.75, 3.05) is 26.3 Å². The molecule has 140 valence electrons. The molecule has 1 aromatic rings. The number of piperidine rings is 1. The molecular formula is C20H32N2O3. The maximum Gasteiger partial charge on any atom is 0.410 e. The van der Waals surface area contributed by atoms with Crippen LogP contribution in [-0.2, 0) is 15.9 Å². The minimum Gasteiger partial charge on any atom is -0.444 e. The van der Waals surface area contributed by atoms with Crippen molar-refractivity contribution >= 4 is 6.09 Å². The number of carbonyl (C=O) groups excluding carboxylic acids is 1. The van der Waals surface area contributed by atoms with Gasteiger partial charge in [-0.15, -0.1) is 0 Å². The highest BCUT2D eigenvalue weighted by atomic mass is 16.6. The van der Waals surface area contributed by atoms with E-state index in [0.29, 0.717) is 19.1 Å². The van der Waals surface area contributed by atoms with Crippen molar-refractivity contribution in [1.29, 1.82) is 0 Å². The number of benzene rings is 1. The summed E-state index contributed by atoms with van der Waals surface area (Å²) in [7, 11) is 0. The molecule has 0 aromatic heterocycles. The quantitative estimate of drug-likeness (QED) is 0.857. The Balaban J connectivity index is 1.61. The minimum absolute atomic E-state index is 0.0178. The molecule has 1 fully saturated rings. The van der Waals surface area contributed by atoms with E-state index in [0.717, 1.165) is 32.4 Å². The first-order chi connectivity index (χ1) is 11.8. The zero-order chi connectivity index (χ0) is 18.3. The molecule has 0 aliphatic carbocycles. The largest absolute Gasteiger partial charge is 0.444 e. The second-order valence-corrected chi connectivity index (χ2v) is 7.90. The molecule has 5 nitrogen and oxygen atoms in total. The molecule has 1 aromatic carbocycles. The van der Waals surface area contributed by atoms with Crippen LogP contribution in [0.1, 0.15) is 39.2 Å². The first kappa shape index (κ1) is 19.7. The molecule has 1 amide bonds. The second kappa shape index (κ2) is 9.20. The Labute approximate surface area is 151 Å². The molecule has 0 bridgehead atoms. The van der Waals surface area contributed by atoms with Gasteiger partial charge in [0.25, 0.3) is 0 Å². The van der Waals surface area contributed by atoms with Gasteiger partial charge >= 0.3 is 6.09 Å². The monoisotopic (exact) mass is 348 g/mol. The van der Waals surface area contributed by atoms with E-state index < -0.39 is 5.60 Å². The molecule has 25 heavy (non-hydrogen) atoms. The highest BCUT2D eigenvalue weighted by Gasteiger charge is 2.26. The van der Waals surface area contributed by atoms with Gasteiger partial charge in [0.1, 0.15) is 5.60 Å². The van der Waals surface area contributed by atoms with Crippen molar-refractivity contribution < 1.29 is 14.3 Å². The van der Waals surface area contributed by atoms with E-state index in [1.807, 2.05) is 39.0 Å². The van der Waals surface area contributed by atoms with Gasteiger partial charge in [-0.1, -0.05) is 30.3 Å². The summed E-state index contributed by atoms with van der Waals surface area (Å²) in [5.41, 5.74) is 6.95. The molecule has 2 N–H and O–H groups in total. The zero-order valence-electron chi connectivity index (χ0n) is 15.7. The fourth-order valence-electron chi connectivity index (χ4n) is 2.97. The van der Waals surface area contributed by atoms with E-state index in [1.165, 1.54) is 5.56 Å². The molecule has 0 saturated carbocycles. The number of rotatable bonds is 6. The fourth-order valence-corrected chi connectivity index (χ4v) is 2.97. The van der Waals surface area contributed by atoms with Gasteiger partial charge in [-0.2, -0.15) is 0 Å². The Morgan fingerprint density at radius 3 is 2.48 bits per heavy atom. The van der Waals surface area contributed by atoms with Gasteiger partial charge in [0.05, 0.1) is 6.61 Å². The van der Waals surface area contributed by atoms with E-state index in [9.17, 15) is 4.79 Å². The summed E-state index contributed by atoms with van der Waals surface area (Å²) in [6.45, 7) is 8.43. The third kappa shape index (κ3) is 7.45. The van der Waals surface area contributed by atoms with E-state index in [1.54, 1.807) is 4.90 Å². The predicted molar refractivity (Wildman–Crippen MR) is 99.5 cm³/mol. The molecule has 2 rings (SSSR count). The average molecular weight is 348 g/mol. The lowest BCUT2D eigenvalue weighted by atomic mass is 9.98. The van der Waals surface area contributed by atoms with Crippen molar-refractivity contribution in [3.8, 4) is 0 Å². The topological polar surface area (TPSA) is 64.8 Å². The first-order valence-corrected chi connectivity index (χ1v) is 9.18. The summed E-state index contributed by atoms with van der Waals surface area (Å²) >= 11 is 0. The van der Waals surface area contributed by atoms with Crippen molar-refractivity contribution in [2.24, 2.45) is 11.7 Å². The maximum absolute atomic E-state index is 12.1. The maximum atomic E-state index is 12.1. The third-order valence-electron chi connectivity index (χ3n) is 4.29.